The first kappa shape index (κ1) is 31.1. The molecule has 246 valence electrons. The van der Waals surface area contributed by atoms with E-state index in [0.29, 0.717) is 0 Å². The van der Waals surface area contributed by atoms with Crippen molar-refractivity contribution in [1.29, 1.82) is 0 Å². The van der Waals surface area contributed by atoms with Crippen molar-refractivity contribution in [2.24, 2.45) is 0 Å². The Morgan fingerprint density at radius 1 is 0.192 bits per heavy atom. The van der Waals surface area contributed by atoms with Crippen molar-refractivity contribution in [3.8, 4) is 22.3 Å². The van der Waals surface area contributed by atoms with E-state index in [4.69, 9.17) is 0 Å². The molecule has 0 aromatic heterocycles. The van der Waals surface area contributed by atoms with Crippen LogP contribution >= 0.6 is 0 Å². The van der Waals surface area contributed by atoms with E-state index in [0.717, 1.165) is 34.1 Å². The number of hydrogen-bond donors (Lipinski definition) is 0. The minimum atomic E-state index is 1.13. The lowest BCUT2D eigenvalue weighted by Gasteiger charge is -2.26. The van der Waals surface area contributed by atoms with Crippen LogP contribution in [0.4, 0.5) is 34.1 Å². The first-order chi connectivity index (χ1) is 25.8. The van der Waals surface area contributed by atoms with Crippen LogP contribution in [0, 0.1) is 0 Å². The molecule has 0 aliphatic carbocycles. The zero-order valence-electron chi connectivity index (χ0n) is 28.7. The van der Waals surface area contributed by atoms with Crippen molar-refractivity contribution < 1.29 is 0 Å². The number of para-hydroxylation sites is 4. The summed E-state index contributed by atoms with van der Waals surface area (Å²) in [6.07, 6.45) is 0. The highest BCUT2D eigenvalue weighted by Gasteiger charge is 2.15. The largest absolute Gasteiger partial charge is 0.310 e. The Balaban J connectivity index is 1.05. The summed E-state index contributed by atoms with van der Waals surface area (Å²) in [6, 6.07) is 78.2. The van der Waals surface area contributed by atoms with E-state index in [9.17, 15) is 0 Å². The van der Waals surface area contributed by atoms with Gasteiger partial charge < -0.3 is 9.80 Å². The minimum Gasteiger partial charge on any atom is -0.310 e. The molecule has 0 heterocycles. The monoisotopic (exact) mass is 664 g/mol. The predicted molar refractivity (Wildman–Crippen MR) is 222 cm³/mol. The standard InChI is InChI=1S/C50H36N2/c1-5-17-45(18-6-1)51(46-19-7-2-8-20-46)49-25-13-15-37(35-49)39-27-29-41-34-44-32-40(28-30-42(44)33-43(41)31-39)38-16-14-26-50(36-38)52(47-21-9-3-10-22-47)48-23-11-4-12-24-48/h1-36H. The van der Waals surface area contributed by atoms with Gasteiger partial charge in [-0.25, -0.2) is 0 Å². The number of anilines is 6. The van der Waals surface area contributed by atoms with Crippen molar-refractivity contribution in [1.82, 2.24) is 0 Å². The molecule has 0 fully saturated rings. The summed E-state index contributed by atoms with van der Waals surface area (Å²) in [5.74, 6) is 0. The zero-order valence-corrected chi connectivity index (χ0v) is 28.7. The molecule has 0 amide bonds. The summed E-state index contributed by atoms with van der Waals surface area (Å²) < 4.78 is 0. The number of nitrogens with zero attached hydrogens (tertiary/aromatic N) is 2. The van der Waals surface area contributed by atoms with E-state index in [2.05, 4.69) is 228 Å². The highest BCUT2D eigenvalue weighted by Crippen LogP contribution is 2.39. The van der Waals surface area contributed by atoms with Gasteiger partial charge in [0.05, 0.1) is 0 Å². The van der Waals surface area contributed by atoms with Gasteiger partial charge in [0.25, 0.3) is 0 Å². The van der Waals surface area contributed by atoms with Gasteiger partial charge in [-0.3, -0.25) is 0 Å². The van der Waals surface area contributed by atoms with E-state index in [-0.39, 0.29) is 0 Å². The van der Waals surface area contributed by atoms with Gasteiger partial charge in [-0.1, -0.05) is 121 Å². The molecule has 0 saturated heterocycles. The Labute approximate surface area is 305 Å². The maximum atomic E-state index is 2.32. The smallest absolute Gasteiger partial charge is 0.0467 e. The molecule has 0 aliphatic rings. The summed E-state index contributed by atoms with van der Waals surface area (Å²) in [5, 5.41) is 4.92. The highest BCUT2D eigenvalue weighted by atomic mass is 15.1. The van der Waals surface area contributed by atoms with Gasteiger partial charge in [0.15, 0.2) is 0 Å². The molecule has 52 heavy (non-hydrogen) atoms. The zero-order chi connectivity index (χ0) is 34.7. The average Bonchev–Trinajstić information content (AvgIpc) is 3.22. The van der Waals surface area contributed by atoms with Gasteiger partial charge in [-0.15, -0.1) is 0 Å². The van der Waals surface area contributed by atoms with Crippen molar-refractivity contribution in [3.05, 3.63) is 218 Å². The van der Waals surface area contributed by atoms with Crippen LogP contribution in [-0.2, 0) is 0 Å². The van der Waals surface area contributed by atoms with Crippen LogP contribution in [0.2, 0.25) is 0 Å². The summed E-state index contributed by atoms with van der Waals surface area (Å²) >= 11 is 0. The summed E-state index contributed by atoms with van der Waals surface area (Å²) in [5.41, 5.74) is 11.5. The first-order valence-electron chi connectivity index (χ1n) is 17.8. The van der Waals surface area contributed by atoms with Crippen LogP contribution in [0.5, 0.6) is 0 Å². The molecule has 0 radical (unpaired) electrons. The van der Waals surface area contributed by atoms with Crippen LogP contribution in [0.1, 0.15) is 0 Å². The van der Waals surface area contributed by atoms with Crippen LogP contribution in [0.15, 0.2) is 218 Å². The summed E-state index contributed by atoms with van der Waals surface area (Å²) in [6.45, 7) is 0. The third-order valence-corrected chi connectivity index (χ3v) is 9.73. The molecule has 9 aromatic carbocycles. The van der Waals surface area contributed by atoms with E-state index < -0.39 is 0 Å². The third-order valence-electron chi connectivity index (χ3n) is 9.73. The van der Waals surface area contributed by atoms with Crippen LogP contribution in [0.3, 0.4) is 0 Å². The molecule has 2 nitrogen and oxygen atoms in total. The molecule has 0 atom stereocenters. The Kier molecular flexibility index (Phi) is 8.24. The lowest BCUT2D eigenvalue weighted by Crippen LogP contribution is -2.09. The number of fused-ring (bicyclic) bond motifs is 2. The lowest BCUT2D eigenvalue weighted by atomic mass is 9.96. The Hall–Kier alpha value is -6.90. The fraction of sp³-hybridized carbons (Fsp3) is 0. The van der Waals surface area contributed by atoms with Gasteiger partial charge in [0.2, 0.25) is 0 Å². The minimum absolute atomic E-state index is 1.13. The topological polar surface area (TPSA) is 6.48 Å². The molecule has 2 heteroatoms. The molecular weight excluding hydrogens is 629 g/mol. The molecule has 9 aromatic rings. The number of benzene rings is 9. The molecular formula is C50H36N2. The van der Waals surface area contributed by atoms with E-state index >= 15 is 0 Å². The first-order valence-corrected chi connectivity index (χ1v) is 17.8. The molecule has 0 unspecified atom stereocenters. The van der Waals surface area contributed by atoms with E-state index in [1.165, 1.54) is 43.8 Å². The normalized spacial score (nSPS) is 11.1. The van der Waals surface area contributed by atoms with Crippen molar-refractivity contribution in [3.63, 3.8) is 0 Å². The second kappa shape index (κ2) is 13.8. The lowest BCUT2D eigenvalue weighted by molar-refractivity contribution is 1.28. The van der Waals surface area contributed by atoms with Crippen molar-refractivity contribution in [2.45, 2.75) is 0 Å². The van der Waals surface area contributed by atoms with Gasteiger partial charge in [-0.2, -0.15) is 0 Å². The number of rotatable bonds is 8. The highest BCUT2D eigenvalue weighted by molar-refractivity contribution is 6.01. The van der Waals surface area contributed by atoms with E-state index in [1.807, 2.05) is 0 Å². The fourth-order valence-corrected chi connectivity index (χ4v) is 7.21. The molecule has 0 bridgehead atoms. The SMILES string of the molecule is c1ccc(N(c2ccccc2)c2cccc(-c3ccc4cc5cc(-c6cccc(N(c7ccccc7)c7ccccc7)c6)ccc5cc4c3)c2)cc1. The van der Waals surface area contributed by atoms with Gasteiger partial charge in [0.1, 0.15) is 0 Å². The summed E-state index contributed by atoms with van der Waals surface area (Å²) in [4.78, 5) is 4.62. The molecule has 0 spiro atoms. The average molecular weight is 665 g/mol. The maximum absolute atomic E-state index is 2.32. The predicted octanol–water partition coefficient (Wildman–Crippen LogP) is 14.3. The van der Waals surface area contributed by atoms with Gasteiger partial charge in [0, 0.05) is 34.1 Å². The second-order valence-electron chi connectivity index (χ2n) is 13.1. The quantitative estimate of drug-likeness (QED) is 0.149. The molecule has 0 N–H and O–H groups in total. The van der Waals surface area contributed by atoms with Gasteiger partial charge in [-0.05, 0) is 141 Å². The Bertz CT molecular complexity index is 2350. The third kappa shape index (κ3) is 6.19. The van der Waals surface area contributed by atoms with Gasteiger partial charge >= 0.3 is 0 Å². The van der Waals surface area contributed by atoms with Crippen LogP contribution in [-0.4, -0.2) is 0 Å². The maximum Gasteiger partial charge on any atom is 0.0467 e. The van der Waals surface area contributed by atoms with Crippen molar-refractivity contribution in [2.75, 3.05) is 9.80 Å². The molecule has 9 rings (SSSR count). The van der Waals surface area contributed by atoms with E-state index in [1.54, 1.807) is 0 Å². The molecule has 0 saturated carbocycles. The second-order valence-corrected chi connectivity index (χ2v) is 13.1. The number of hydrogen-bond acceptors (Lipinski definition) is 2. The Morgan fingerprint density at radius 2 is 0.500 bits per heavy atom. The molecule has 0 aliphatic heterocycles. The summed E-state index contributed by atoms with van der Waals surface area (Å²) in [7, 11) is 0. The van der Waals surface area contributed by atoms with Crippen molar-refractivity contribution >= 4 is 55.7 Å². The fourth-order valence-electron chi connectivity index (χ4n) is 7.21. The van der Waals surface area contributed by atoms with Crippen LogP contribution < -0.4 is 9.80 Å². The Morgan fingerprint density at radius 3 is 0.846 bits per heavy atom. The van der Waals surface area contributed by atoms with Crippen LogP contribution in [0.25, 0.3) is 43.8 Å².